The van der Waals surface area contributed by atoms with Crippen molar-refractivity contribution >= 4 is 43.4 Å². The largest absolute Gasteiger partial charge is 1.00 e. The van der Waals surface area contributed by atoms with Crippen molar-refractivity contribution in [2.75, 3.05) is 0 Å². The third kappa shape index (κ3) is 7.80. The van der Waals surface area contributed by atoms with Gasteiger partial charge in [0.1, 0.15) is 62.5 Å². The summed E-state index contributed by atoms with van der Waals surface area (Å²) in [5.74, 6) is 2.46. The molecular weight excluding hydrogens is 924 g/mol. The second-order valence-electron chi connectivity index (χ2n) is 16.2. The molecule has 0 N–H and O–H groups in total. The molecule has 1 aliphatic heterocycles. The summed E-state index contributed by atoms with van der Waals surface area (Å²) in [6.45, 7) is 2.63. The van der Waals surface area contributed by atoms with Crippen LogP contribution in [-0.2, 0) is 26.2 Å². The van der Waals surface area contributed by atoms with Crippen LogP contribution in [0.25, 0.3) is 54.5 Å². The SMILES string of the molecule is [Br-].[Br-].c1cc2cc(c1)C[n+]1ccn(c1)Cc1cc3ccccc3nc1Oc1ccc3ccccc3c1-c1c(ccc3ccccc13)Oc1nc3ccccc3cc1Cn1cc[n+](c1)C2. The Morgan fingerprint density at radius 1 is 0.438 bits per heavy atom. The van der Waals surface area contributed by atoms with E-state index in [0.29, 0.717) is 36.3 Å². The minimum absolute atomic E-state index is 0. The molecule has 6 bridgehead atoms. The molecule has 0 amide bonds. The number of hydrogen-bond acceptors (Lipinski definition) is 4. The van der Waals surface area contributed by atoms with Crippen molar-refractivity contribution in [1.29, 1.82) is 0 Å². The molecule has 12 rings (SSSR count). The molecule has 11 aromatic rings. The Labute approximate surface area is 390 Å². The first-order valence-electron chi connectivity index (χ1n) is 21.0. The topological polar surface area (TPSA) is 61.9 Å². The number of ether oxygens (including phenoxy) is 2. The van der Waals surface area contributed by atoms with Crippen molar-refractivity contribution in [3.05, 3.63) is 217 Å². The maximum atomic E-state index is 7.20. The summed E-state index contributed by atoms with van der Waals surface area (Å²) in [6, 6.07) is 55.1. The summed E-state index contributed by atoms with van der Waals surface area (Å²) in [7, 11) is 0. The zero-order valence-electron chi connectivity index (χ0n) is 34.6. The molecule has 0 unspecified atom stereocenters. The molecule has 0 fully saturated rings. The van der Waals surface area contributed by atoms with Gasteiger partial charge in [-0.25, -0.2) is 28.2 Å². The molecular formula is C54H40Br2N6O2. The van der Waals surface area contributed by atoms with Gasteiger partial charge in [-0.3, -0.25) is 0 Å². The maximum absolute atomic E-state index is 7.20. The molecule has 0 saturated carbocycles. The Kier molecular flexibility index (Phi) is 11.0. The van der Waals surface area contributed by atoms with Crippen LogP contribution in [-0.4, -0.2) is 19.1 Å². The van der Waals surface area contributed by atoms with Crippen molar-refractivity contribution in [2.45, 2.75) is 26.2 Å². The number of nitrogens with zero attached hydrogens (tertiary/aromatic N) is 6. The van der Waals surface area contributed by atoms with Crippen LogP contribution in [0.4, 0.5) is 0 Å². The monoisotopic (exact) mass is 962 g/mol. The van der Waals surface area contributed by atoms with E-state index >= 15 is 0 Å². The molecule has 312 valence electrons. The molecule has 0 atom stereocenters. The first kappa shape index (κ1) is 40.9. The third-order valence-electron chi connectivity index (χ3n) is 11.9. The molecule has 10 heteroatoms. The molecule has 0 aliphatic carbocycles. The van der Waals surface area contributed by atoms with Crippen LogP contribution in [0.15, 0.2) is 195 Å². The first-order valence-corrected chi connectivity index (χ1v) is 21.0. The number of imidazole rings is 2. The highest BCUT2D eigenvalue weighted by Gasteiger charge is 2.24. The maximum Gasteiger partial charge on any atom is 0.244 e. The highest BCUT2D eigenvalue weighted by molar-refractivity contribution is 6.10. The number of pyridine rings is 2. The van der Waals surface area contributed by atoms with Gasteiger partial charge in [0, 0.05) is 21.9 Å². The minimum atomic E-state index is 0. The van der Waals surface area contributed by atoms with Gasteiger partial charge in [-0.15, -0.1) is 0 Å². The van der Waals surface area contributed by atoms with E-state index in [1.165, 1.54) is 11.1 Å². The van der Waals surface area contributed by atoms with Gasteiger partial charge in [0.15, 0.2) is 0 Å². The zero-order chi connectivity index (χ0) is 41.0. The van der Waals surface area contributed by atoms with Crippen LogP contribution in [0.5, 0.6) is 23.3 Å². The summed E-state index contributed by atoms with van der Waals surface area (Å²) in [5.41, 5.74) is 7.98. The van der Waals surface area contributed by atoms with Crippen LogP contribution in [0.2, 0.25) is 0 Å². The third-order valence-corrected chi connectivity index (χ3v) is 11.9. The van der Waals surface area contributed by atoms with Crippen LogP contribution < -0.4 is 52.6 Å². The van der Waals surface area contributed by atoms with Gasteiger partial charge in [0.2, 0.25) is 24.4 Å². The lowest BCUT2D eigenvalue weighted by Crippen LogP contribution is -3.00. The lowest BCUT2D eigenvalue weighted by Gasteiger charge is -2.20. The number of aromatic nitrogens is 6. The fourth-order valence-corrected chi connectivity index (χ4v) is 8.98. The second kappa shape index (κ2) is 17.2. The normalized spacial score (nSPS) is 12.4. The van der Waals surface area contributed by atoms with Gasteiger partial charge in [-0.2, -0.15) is 0 Å². The standard InChI is InChI=1S/C54H40N6O2.2BrH/c1-5-16-45-39(12-1)20-22-49-51(45)52-46-17-6-2-13-40(46)21-23-50(52)62-54-44(30-42-15-4-8-19-48(42)56-54)34-60-27-25-58(36-60)32-38-11-9-10-37(28-38)31-57-24-26-59(35-57)33-43-29-41-14-3-7-18-47(41)55-53(43)61-49;;/h1-30,35-36H,31-34H2;2*1H/q+2;;/p-2. The molecule has 0 saturated heterocycles. The molecule has 7 aromatic carbocycles. The molecule has 5 heterocycles. The van der Waals surface area contributed by atoms with E-state index in [4.69, 9.17) is 19.4 Å². The number of halogens is 2. The highest BCUT2D eigenvalue weighted by Crippen LogP contribution is 2.48. The van der Waals surface area contributed by atoms with E-state index < -0.39 is 0 Å². The second-order valence-corrected chi connectivity index (χ2v) is 16.2. The van der Waals surface area contributed by atoms with E-state index in [1.54, 1.807) is 0 Å². The Bertz CT molecular complexity index is 3300. The van der Waals surface area contributed by atoms with E-state index in [9.17, 15) is 0 Å². The Morgan fingerprint density at radius 3 is 1.36 bits per heavy atom. The van der Waals surface area contributed by atoms with Crippen molar-refractivity contribution < 1.29 is 52.6 Å². The smallest absolute Gasteiger partial charge is 0.244 e. The number of fused-ring (bicyclic) bond motifs is 17. The summed E-state index contributed by atoms with van der Waals surface area (Å²) in [6.07, 6.45) is 12.8. The van der Waals surface area contributed by atoms with Gasteiger partial charge < -0.3 is 43.4 Å². The van der Waals surface area contributed by atoms with Crippen LogP contribution in [0.3, 0.4) is 0 Å². The van der Waals surface area contributed by atoms with Crippen molar-refractivity contribution in [2.24, 2.45) is 0 Å². The molecule has 1 aliphatic rings. The quantitative estimate of drug-likeness (QED) is 0.200. The van der Waals surface area contributed by atoms with Gasteiger partial charge in [-0.1, -0.05) is 115 Å². The summed E-state index contributed by atoms with van der Waals surface area (Å²) >= 11 is 0. The van der Waals surface area contributed by atoms with Gasteiger partial charge in [0.05, 0.1) is 22.2 Å². The molecule has 0 radical (unpaired) electrons. The van der Waals surface area contributed by atoms with Crippen LogP contribution >= 0.6 is 0 Å². The fourth-order valence-electron chi connectivity index (χ4n) is 8.98. The van der Waals surface area contributed by atoms with E-state index in [-0.39, 0.29) is 34.0 Å². The number of para-hydroxylation sites is 2. The Balaban J connectivity index is 0.00000242. The molecule has 8 nitrogen and oxygen atoms in total. The minimum Gasteiger partial charge on any atom is -1.00 e. The predicted octanol–water partition coefficient (Wildman–Crippen LogP) is 5.03. The van der Waals surface area contributed by atoms with Crippen molar-refractivity contribution in [3.8, 4) is 34.4 Å². The number of rotatable bonds is 0. The summed E-state index contributed by atoms with van der Waals surface area (Å²) < 4.78 is 23.3. The van der Waals surface area contributed by atoms with Gasteiger partial charge >= 0.3 is 0 Å². The average Bonchev–Trinajstić information content (AvgIpc) is 3.95. The van der Waals surface area contributed by atoms with E-state index in [1.807, 2.05) is 24.3 Å². The van der Waals surface area contributed by atoms with Crippen molar-refractivity contribution in [1.82, 2.24) is 19.1 Å². The number of hydrogen-bond donors (Lipinski definition) is 0. The molecule has 4 aromatic heterocycles. The predicted molar refractivity (Wildman–Crippen MR) is 243 cm³/mol. The number of benzene rings is 7. The zero-order valence-corrected chi connectivity index (χ0v) is 37.7. The summed E-state index contributed by atoms with van der Waals surface area (Å²) in [5, 5.41) is 6.37. The average molecular weight is 965 g/mol. The van der Waals surface area contributed by atoms with Gasteiger partial charge in [-0.05, 0) is 75.1 Å². The Hall–Kier alpha value is -7.14. The first-order chi connectivity index (χ1) is 30.6. The lowest BCUT2D eigenvalue weighted by atomic mass is 9.92. The van der Waals surface area contributed by atoms with Crippen molar-refractivity contribution in [3.63, 3.8) is 0 Å². The van der Waals surface area contributed by atoms with Gasteiger partial charge in [0.25, 0.3) is 0 Å². The molecule has 0 spiro atoms. The molecule has 64 heavy (non-hydrogen) atoms. The van der Waals surface area contributed by atoms with Crippen LogP contribution in [0.1, 0.15) is 22.3 Å². The lowest BCUT2D eigenvalue weighted by molar-refractivity contribution is -0.688. The fraction of sp³-hybridized carbons (Fsp3) is 0.0741. The summed E-state index contributed by atoms with van der Waals surface area (Å²) in [4.78, 5) is 10.4. The Morgan fingerprint density at radius 2 is 0.875 bits per heavy atom. The van der Waals surface area contributed by atoms with E-state index in [0.717, 1.165) is 78.7 Å². The van der Waals surface area contributed by atoms with E-state index in [2.05, 4.69) is 189 Å². The highest BCUT2D eigenvalue weighted by atomic mass is 79.9. The van der Waals surface area contributed by atoms with Crippen LogP contribution in [0, 0.1) is 0 Å².